The van der Waals surface area contributed by atoms with Crippen LogP contribution in [-0.4, -0.2) is 40.7 Å². The Balaban J connectivity index is 1.42. The molecule has 0 radical (unpaired) electrons. The lowest BCUT2D eigenvalue weighted by molar-refractivity contribution is 0.182. The summed E-state index contributed by atoms with van der Waals surface area (Å²) in [4.78, 5) is 31.7. The van der Waals surface area contributed by atoms with E-state index in [1.165, 1.54) is 0 Å². The van der Waals surface area contributed by atoms with Crippen LogP contribution < -0.4 is 15.6 Å². The van der Waals surface area contributed by atoms with Crippen LogP contribution >= 0.6 is 0 Å². The number of aryl methyl sites for hydroxylation is 1. The van der Waals surface area contributed by atoms with Gasteiger partial charge in [-0.25, -0.2) is 9.78 Å². The van der Waals surface area contributed by atoms with Crippen LogP contribution in [0.1, 0.15) is 24.4 Å². The minimum absolute atomic E-state index is 0.0140. The predicted octanol–water partition coefficient (Wildman–Crippen LogP) is 3.58. The molecule has 2 heterocycles. The van der Waals surface area contributed by atoms with Gasteiger partial charge in [0.25, 0.3) is 5.56 Å². The van der Waals surface area contributed by atoms with Crippen molar-refractivity contribution in [2.75, 3.05) is 25.5 Å². The molecule has 2 amide bonds. The average molecular weight is 392 g/mol. The van der Waals surface area contributed by atoms with Crippen molar-refractivity contribution in [3.05, 3.63) is 64.7 Å². The lowest BCUT2D eigenvalue weighted by Gasteiger charge is -2.32. The Labute approximate surface area is 168 Å². The van der Waals surface area contributed by atoms with Crippen LogP contribution in [0.5, 0.6) is 5.75 Å². The molecule has 0 unspecified atom stereocenters. The van der Waals surface area contributed by atoms with Crippen molar-refractivity contribution < 1.29 is 9.53 Å². The molecule has 3 aromatic rings. The number of methoxy groups -OCH3 is 1. The number of nitrogens with zero attached hydrogens (tertiary/aromatic N) is 3. The molecule has 150 valence electrons. The zero-order valence-electron chi connectivity index (χ0n) is 16.6. The molecule has 1 saturated heterocycles. The van der Waals surface area contributed by atoms with Gasteiger partial charge in [0.05, 0.1) is 24.3 Å². The molecule has 0 aliphatic carbocycles. The molecule has 0 spiro atoms. The monoisotopic (exact) mass is 392 g/mol. The van der Waals surface area contributed by atoms with Crippen LogP contribution in [0.3, 0.4) is 0 Å². The Kier molecular flexibility index (Phi) is 5.20. The number of benzene rings is 2. The van der Waals surface area contributed by atoms with Crippen molar-refractivity contribution in [3.8, 4) is 5.75 Å². The third-order valence-electron chi connectivity index (χ3n) is 5.50. The molecule has 1 N–H and O–H groups in total. The number of rotatable bonds is 3. The number of likely N-dealkylation sites (tertiary alicyclic amines) is 1. The molecule has 4 rings (SSSR count). The number of hydrogen-bond donors (Lipinski definition) is 1. The van der Waals surface area contributed by atoms with Gasteiger partial charge in [-0.05, 0) is 55.7 Å². The van der Waals surface area contributed by atoms with E-state index in [0.29, 0.717) is 18.5 Å². The number of anilines is 1. The largest absolute Gasteiger partial charge is 0.497 e. The first-order valence-corrected chi connectivity index (χ1v) is 9.73. The number of amides is 2. The average Bonchev–Trinajstić information content (AvgIpc) is 2.75. The highest BCUT2D eigenvalue weighted by Gasteiger charge is 2.25. The summed E-state index contributed by atoms with van der Waals surface area (Å²) in [5.41, 5.74) is 2.46. The van der Waals surface area contributed by atoms with Gasteiger partial charge in [-0.1, -0.05) is 12.1 Å². The number of para-hydroxylation sites is 1. The highest BCUT2D eigenvalue weighted by atomic mass is 16.5. The number of hydrogen-bond acceptors (Lipinski definition) is 4. The highest BCUT2D eigenvalue weighted by Crippen LogP contribution is 2.23. The minimum atomic E-state index is -0.131. The summed E-state index contributed by atoms with van der Waals surface area (Å²) >= 11 is 0. The molecular formula is C22H24N4O3. The summed E-state index contributed by atoms with van der Waals surface area (Å²) in [6.45, 7) is 3.13. The molecule has 2 aromatic carbocycles. The second kappa shape index (κ2) is 7.95. The van der Waals surface area contributed by atoms with Crippen molar-refractivity contribution in [1.82, 2.24) is 14.5 Å². The molecule has 7 nitrogen and oxygen atoms in total. The van der Waals surface area contributed by atoms with E-state index in [4.69, 9.17) is 4.74 Å². The Morgan fingerprint density at radius 2 is 1.86 bits per heavy atom. The van der Waals surface area contributed by atoms with Gasteiger partial charge in [-0.3, -0.25) is 9.36 Å². The van der Waals surface area contributed by atoms with Crippen molar-refractivity contribution in [3.63, 3.8) is 0 Å². The van der Waals surface area contributed by atoms with E-state index in [1.807, 2.05) is 49.4 Å². The number of ether oxygens (including phenoxy) is 1. The predicted molar refractivity (Wildman–Crippen MR) is 113 cm³/mol. The van der Waals surface area contributed by atoms with Crippen molar-refractivity contribution in [2.24, 2.45) is 0 Å². The maximum Gasteiger partial charge on any atom is 0.321 e. The van der Waals surface area contributed by atoms with Gasteiger partial charge in [0.1, 0.15) is 5.75 Å². The lowest BCUT2D eigenvalue weighted by Crippen LogP contribution is -2.42. The molecule has 0 saturated carbocycles. The fourth-order valence-electron chi connectivity index (χ4n) is 3.80. The van der Waals surface area contributed by atoms with Crippen molar-refractivity contribution in [2.45, 2.75) is 25.8 Å². The van der Waals surface area contributed by atoms with E-state index in [9.17, 15) is 9.59 Å². The summed E-state index contributed by atoms with van der Waals surface area (Å²) < 4.78 is 6.85. The fraction of sp³-hybridized carbons (Fsp3) is 0.318. The molecule has 1 aliphatic heterocycles. The second-order valence-corrected chi connectivity index (χ2v) is 7.30. The van der Waals surface area contributed by atoms with Crippen LogP contribution in [0, 0.1) is 6.92 Å². The molecule has 1 aliphatic rings. The summed E-state index contributed by atoms with van der Waals surface area (Å²) in [6.07, 6.45) is 3.08. The molecule has 29 heavy (non-hydrogen) atoms. The fourth-order valence-corrected chi connectivity index (χ4v) is 3.80. The molecule has 0 bridgehead atoms. The van der Waals surface area contributed by atoms with E-state index in [0.717, 1.165) is 35.4 Å². The maximum atomic E-state index is 12.9. The lowest BCUT2D eigenvalue weighted by atomic mass is 10.0. The Hall–Kier alpha value is -3.35. The van der Waals surface area contributed by atoms with Crippen LogP contribution in [-0.2, 0) is 0 Å². The quantitative estimate of drug-likeness (QED) is 0.739. The number of urea groups is 1. The van der Waals surface area contributed by atoms with Gasteiger partial charge < -0.3 is 15.0 Å². The van der Waals surface area contributed by atoms with Gasteiger partial charge in [0.15, 0.2) is 0 Å². The van der Waals surface area contributed by atoms with E-state index in [1.54, 1.807) is 22.9 Å². The summed E-state index contributed by atoms with van der Waals surface area (Å²) in [7, 11) is 1.61. The third kappa shape index (κ3) is 3.81. The van der Waals surface area contributed by atoms with E-state index in [-0.39, 0.29) is 17.6 Å². The topological polar surface area (TPSA) is 76.5 Å². The second-order valence-electron chi connectivity index (χ2n) is 7.30. The van der Waals surface area contributed by atoms with Gasteiger partial charge in [0, 0.05) is 24.8 Å². The Morgan fingerprint density at radius 1 is 1.14 bits per heavy atom. The molecule has 1 fully saturated rings. The Bertz CT molecular complexity index is 1080. The smallest absolute Gasteiger partial charge is 0.321 e. The summed E-state index contributed by atoms with van der Waals surface area (Å²) in [6, 6.07) is 12.8. The van der Waals surface area contributed by atoms with Crippen LogP contribution in [0.2, 0.25) is 0 Å². The molecule has 0 atom stereocenters. The van der Waals surface area contributed by atoms with E-state index < -0.39 is 0 Å². The Morgan fingerprint density at radius 3 is 2.55 bits per heavy atom. The number of carbonyl (C=O) groups excluding carboxylic acids is 1. The van der Waals surface area contributed by atoms with Crippen LogP contribution in [0.4, 0.5) is 10.5 Å². The number of fused-ring (bicyclic) bond motifs is 1. The summed E-state index contributed by atoms with van der Waals surface area (Å²) in [5, 5.41) is 3.56. The molecular weight excluding hydrogens is 368 g/mol. The molecule has 7 heteroatoms. The molecule has 1 aromatic heterocycles. The third-order valence-corrected chi connectivity index (χ3v) is 5.50. The van der Waals surface area contributed by atoms with E-state index >= 15 is 0 Å². The standard InChI is InChI=1S/C22H24N4O3/c1-15-4-3-5-19-20(15)23-14-26(21(19)27)17-10-12-25(13-11-17)22(28)24-16-6-8-18(29-2)9-7-16/h3-9,14,17H,10-13H2,1-2H3,(H,24,28). The van der Waals surface area contributed by atoms with Crippen molar-refractivity contribution >= 4 is 22.6 Å². The number of aromatic nitrogens is 2. The minimum Gasteiger partial charge on any atom is -0.497 e. The highest BCUT2D eigenvalue weighted by molar-refractivity contribution is 5.89. The van der Waals surface area contributed by atoms with Gasteiger partial charge in [0.2, 0.25) is 0 Å². The van der Waals surface area contributed by atoms with Crippen LogP contribution in [0.15, 0.2) is 53.6 Å². The van der Waals surface area contributed by atoms with Gasteiger partial charge in [-0.15, -0.1) is 0 Å². The number of piperidine rings is 1. The van der Waals surface area contributed by atoms with Gasteiger partial charge in [-0.2, -0.15) is 0 Å². The van der Waals surface area contributed by atoms with Crippen molar-refractivity contribution in [1.29, 1.82) is 0 Å². The van der Waals surface area contributed by atoms with E-state index in [2.05, 4.69) is 10.3 Å². The first-order chi connectivity index (χ1) is 14.1. The normalized spacial score (nSPS) is 14.8. The van der Waals surface area contributed by atoms with Crippen LogP contribution in [0.25, 0.3) is 10.9 Å². The number of carbonyl (C=O) groups is 1. The zero-order valence-corrected chi connectivity index (χ0v) is 16.6. The maximum absolute atomic E-state index is 12.9. The zero-order chi connectivity index (χ0) is 20.4. The number of nitrogens with one attached hydrogen (secondary N) is 1. The van der Waals surface area contributed by atoms with Gasteiger partial charge >= 0.3 is 6.03 Å². The first kappa shape index (κ1) is 19.0. The first-order valence-electron chi connectivity index (χ1n) is 9.73. The SMILES string of the molecule is COc1ccc(NC(=O)N2CCC(n3cnc4c(C)cccc4c3=O)CC2)cc1. The summed E-state index contributed by atoms with van der Waals surface area (Å²) in [5.74, 6) is 0.744.